The molecule has 138 valence electrons. The lowest BCUT2D eigenvalue weighted by molar-refractivity contribution is 0.0575. The van der Waals surface area contributed by atoms with Crippen molar-refractivity contribution in [2.45, 2.75) is 38.1 Å². The highest BCUT2D eigenvalue weighted by Crippen LogP contribution is 2.30. The van der Waals surface area contributed by atoms with E-state index >= 15 is 0 Å². The Kier molecular flexibility index (Phi) is 4.92. The van der Waals surface area contributed by atoms with Crippen LogP contribution in [0.15, 0.2) is 24.5 Å². The Labute approximate surface area is 151 Å². The monoisotopic (exact) mass is 358 g/mol. The first-order chi connectivity index (χ1) is 12.7. The molecule has 0 saturated carbocycles. The summed E-state index contributed by atoms with van der Waals surface area (Å²) in [5, 5.41) is 14.0. The molecule has 2 saturated heterocycles. The Morgan fingerprint density at radius 1 is 1.23 bits per heavy atom. The van der Waals surface area contributed by atoms with Gasteiger partial charge in [-0.1, -0.05) is 6.42 Å². The molecule has 0 aliphatic carbocycles. The predicted octanol–water partition coefficient (Wildman–Crippen LogP) is 1.80. The number of nitrogens with zero attached hydrogens (tertiary/aromatic N) is 5. The third-order valence-corrected chi connectivity index (χ3v) is 5.55. The van der Waals surface area contributed by atoms with Gasteiger partial charge in [0, 0.05) is 12.6 Å². The van der Waals surface area contributed by atoms with Crippen molar-refractivity contribution in [2.75, 3.05) is 19.6 Å². The first-order valence-electron chi connectivity index (χ1n) is 9.27. The van der Waals surface area contributed by atoms with Crippen LogP contribution < -0.4 is 5.32 Å². The maximum Gasteiger partial charge on any atom is 0.253 e. The summed E-state index contributed by atoms with van der Waals surface area (Å²) < 4.78 is 15.1. The summed E-state index contributed by atoms with van der Waals surface area (Å²) in [4.78, 5) is 15.3. The molecule has 8 heteroatoms. The van der Waals surface area contributed by atoms with Gasteiger partial charge in [0.2, 0.25) is 0 Å². The largest absolute Gasteiger partial charge is 0.352 e. The van der Waals surface area contributed by atoms with Crippen molar-refractivity contribution in [1.82, 2.24) is 30.4 Å². The van der Waals surface area contributed by atoms with Gasteiger partial charge in [-0.2, -0.15) is 4.68 Å². The lowest BCUT2D eigenvalue weighted by atomic mass is 9.83. The van der Waals surface area contributed by atoms with Crippen LogP contribution >= 0.6 is 0 Å². The number of aromatic nitrogens is 4. The number of halogens is 1. The van der Waals surface area contributed by atoms with Crippen LogP contribution in [0, 0.1) is 11.7 Å². The van der Waals surface area contributed by atoms with Crippen LogP contribution in [0.1, 0.15) is 42.5 Å². The molecule has 2 atom stereocenters. The van der Waals surface area contributed by atoms with Crippen LogP contribution in [0.5, 0.6) is 0 Å². The van der Waals surface area contributed by atoms with E-state index in [4.69, 9.17) is 0 Å². The highest BCUT2D eigenvalue weighted by Gasteiger charge is 2.33. The van der Waals surface area contributed by atoms with Gasteiger partial charge in [0.1, 0.15) is 12.1 Å². The zero-order chi connectivity index (χ0) is 17.9. The number of hydrogen-bond donors (Lipinski definition) is 1. The van der Waals surface area contributed by atoms with Crippen LogP contribution in [0.3, 0.4) is 0 Å². The number of carbonyl (C=O) groups excluding carboxylic acids is 1. The van der Waals surface area contributed by atoms with Crippen LogP contribution in [0.2, 0.25) is 0 Å². The summed E-state index contributed by atoms with van der Waals surface area (Å²) in [6.45, 7) is 2.95. The SMILES string of the molecule is O=C(NC[C@H]1CCCN2CCCC[C@H]12)c1cc(F)ccc1-n1cnnn1. The second-order valence-corrected chi connectivity index (χ2v) is 7.13. The van der Waals surface area contributed by atoms with Gasteiger partial charge in [0.05, 0.1) is 11.3 Å². The predicted molar refractivity (Wildman–Crippen MR) is 93.4 cm³/mol. The molecule has 2 aromatic rings. The maximum atomic E-state index is 13.7. The quantitative estimate of drug-likeness (QED) is 0.902. The fourth-order valence-corrected chi connectivity index (χ4v) is 4.30. The van der Waals surface area contributed by atoms with Crippen molar-refractivity contribution in [1.29, 1.82) is 0 Å². The molecule has 0 unspecified atom stereocenters. The Bertz CT molecular complexity index is 763. The van der Waals surface area contributed by atoms with E-state index in [1.165, 1.54) is 68.0 Å². The smallest absolute Gasteiger partial charge is 0.253 e. The van der Waals surface area contributed by atoms with Crippen LogP contribution in [0.4, 0.5) is 4.39 Å². The molecule has 3 heterocycles. The van der Waals surface area contributed by atoms with Crippen LogP contribution in [-0.2, 0) is 0 Å². The lowest BCUT2D eigenvalue weighted by Crippen LogP contribution is -2.51. The van der Waals surface area contributed by atoms with Gasteiger partial charge in [-0.05, 0) is 73.3 Å². The van der Waals surface area contributed by atoms with E-state index in [9.17, 15) is 9.18 Å². The third-order valence-electron chi connectivity index (χ3n) is 5.55. The van der Waals surface area contributed by atoms with E-state index in [0.717, 1.165) is 6.42 Å². The van der Waals surface area contributed by atoms with Crippen molar-refractivity contribution in [3.05, 3.63) is 35.9 Å². The second kappa shape index (κ2) is 7.49. The molecule has 2 aliphatic rings. The van der Waals surface area contributed by atoms with Crippen molar-refractivity contribution < 1.29 is 9.18 Å². The zero-order valence-electron chi connectivity index (χ0n) is 14.6. The molecule has 7 nitrogen and oxygen atoms in total. The molecule has 1 aromatic carbocycles. The summed E-state index contributed by atoms with van der Waals surface area (Å²) in [6, 6.07) is 4.61. The number of piperidine rings is 2. The van der Waals surface area contributed by atoms with Gasteiger partial charge in [-0.15, -0.1) is 5.10 Å². The van der Waals surface area contributed by atoms with Crippen LogP contribution in [0.25, 0.3) is 5.69 Å². The molecule has 4 rings (SSSR count). The fourth-order valence-electron chi connectivity index (χ4n) is 4.30. The van der Waals surface area contributed by atoms with Crippen molar-refractivity contribution in [2.24, 2.45) is 5.92 Å². The first-order valence-corrected chi connectivity index (χ1v) is 9.27. The Balaban J connectivity index is 1.47. The Hall–Kier alpha value is -2.35. The number of hydrogen-bond acceptors (Lipinski definition) is 5. The fraction of sp³-hybridized carbons (Fsp3) is 0.556. The second-order valence-electron chi connectivity index (χ2n) is 7.13. The summed E-state index contributed by atoms with van der Waals surface area (Å²) in [7, 11) is 0. The van der Waals surface area contributed by atoms with E-state index in [2.05, 4.69) is 25.7 Å². The van der Waals surface area contributed by atoms with E-state index in [0.29, 0.717) is 24.2 Å². The standard InChI is InChI=1S/C18H23FN6O/c19-14-6-7-17(25-12-21-22-23-25)15(10-14)18(26)20-11-13-4-3-9-24-8-2-1-5-16(13)24/h6-7,10,12-13,16H,1-5,8-9,11H2,(H,20,26)/t13-,16-/m1/s1. The van der Waals surface area contributed by atoms with Crippen molar-refractivity contribution in [3.63, 3.8) is 0 Å². The number of tetrazole rings is 1. The van der Waals surface area contributed by atoms with Gasteiger partial charge in [-0.25, -0.2) is 4.39 Å². The topological polar surface area (TPSA) is 75.9 Å². The molecule has 26 heavy (non-hydrogen) atoms. The molecular weight excluding hydrogens is 335 g/mol. The highest BCUT2D eigenvalue weighted by molar-refractivity contribution is 5.97. The normalized spacial score (nSPS) is 23.4. The molecular formula is C18H23FN6O. The number of rotatable bonds is 4. The first kappa shape index (κ1) is 17.1. The maximum absolute atomic E-state index is 13.7. The number of benzene rings is 1. The highest BCUT2D eigenvalue weighted by atomic mass is 19.1. The molecule has 2 aliphatic heterocycles. The summed E-state index contributed by atoms with van der Waals surface area (Å²) in [5.74, 6) is -0.288. The summed E-state index contributed by atoms with van der Waals surface area (Å²) in [5.41, 5.74) is 0.713. The van der Waals surface area contributed by atoms with Gasteiger partial charge < -0.3 is 10.2 Å². The average Bonchev–Trinajstić information content (AvgIpc) is 3.20. The van der Waals surface area contributed by atoms with E-state index in [1.807, 2.05) is 0 Å². The minimum atomic E-state index is -0.455. The third kappa shape index (κ3) is 3.46. The van der Waals surface area contributed by atoms with E-state index < -0.39 is 5.82 Å². The Morgan fingerprint density at radius 3 is 2.96 bits per heavy atom. The van der Waals surface area contributed by atoms with Gasteiger partial charge in [0.25, 0.3) is 5.91 Å². The number of amides is 1. The molecule has 0 radical (unpaired) electrons. The Morgan fingerprint density at radius 2 is 2.12 bits per heavy atom. The minimum absolute atomic E-state index is 0.244. The molecule has 1 aromatic heterocycles. The molecule has 1 amide bonds. The molecule has 1 N–H and O–H groups in total. The molecule has 2 fully saturated rings. The summed E-state index contributed by atoms with van der Waals surface area (Å²) in [6.07, 6.45) is 7.44. The molecule has 0 spiro atoms. The van der Waals surface area contributed by atoms with Gasteiger partial charge >= 0.3 is 0 Å². The van der Waals surface area contributed by atoms with Crippen molar-refractivity contribution in [3.8, 4) is 5.69 Å². The molecule has 0 bridgehead atoms. The zero-order valence-corrected chi connectivity index (χ0v) is 14.6. The number of carbonyl (C=O) groups is 1. The average molecular weight is 358 g/mol. The van der Waals surface area contributed by atoms with Gasteiger partial charge in [0.15, 0.2) is 0 Å². The van der Waals surface area contributed by atoms with E-state index in [1.54, 1.807) is 0 Å². The van der Waals surface area contributed by atoms with E-state index in [-0.39, 0.29) is 11.5 Å². The number of fused-ring (bicyclic) bond motifs is 1. The minimum Gasteiger partial charge on any atom is -0.352 e. The van der Waals surface area contributed by atoms with Crippen molar-refractivity contribution >= 4 is 5.91 Å². The lowest BCUT2D eigenvalue weighted by Gasteiger charge is -2.44. The number of nitrogens with one attached hydrogen (secondary N) is 1. The summed E-state index contributed by atoms with van der Waals surface area (Å²) >= 11 is 0. The van der Waals surface area contributed by atoms with Crippen LogP contribution in [-0.4, -0.2) is 56.7 Å². The van der Waals surface area contributed by atoms with Gasteiger partial charge in [-0.3, -0.25) is 4.79 Å².